The number of ether oxygens (including phenoxy) is 1. The second kappa shape index (κ2) is 7.76. The number of nitrogens with zero attached hydrogens (tertiary/aromatic N) is 2. The van der Waals surface area contributed by atoms with Gasteiger partial charge in [-0.1, -0.05) is 6.07 Å². The molecule has 3 saturated heterocycles. The number of carbonyl (C=O) groups is 2. The minimum Gasteiger partial charge on any atom is -0.450 e. The highest BCUT2D eigenvalue weighted by molar-refractivity contribution is 5.74. The summed E-state index contributed by atoms with van der Waals surface area (Å²) in [5, 5.41) is 3.04. The van der Waals surface area contributed by atoms with Crippen molar-refractivity contribution in [1.82, 2.24) is 15.1 Å². The van der Waals surface area contributed by atoms with Crippen LogP contribution in [0.25, 0.3) is 0 Å². The van der Waals surface area contributed by atoms with Crippen LogP contribution < -0.4 is 5.32 Å². The molecule has 1 N–H and O–H groups in total. The van der Waals surface area contributed by atoms with Crippen LogP contribution in [0.1, 0.15) is 69.5 Å². The zero-order chi connectivity index (χ0) is 21.8. The summed E-state index contributed by atoms with van der Waals surface area (Å²) in [6.07, 6.45) is 5.81. The normalized spacial score (nSPS) is 34.2. The molecular weight excluding hydrogens is 397 g/mol. The number of benzene rings is 1. The number of amides is 2. The molecule has 1 aromatic rings. The molecule has 5 rings (SSSR count). The topological polar surface area (TPSA) is 61.9 Å². The van der Waals surface area contributed by atoms with Gasteiger partial charge in [0.25, 0.3) is 0 Å². The first-order valence-corrected chi connectivity index (χ1v) is 11.7. The van der Waals surface area contributed by atoms with E-state index in [2.05, 4.69) is 10.2 Å². The van der Waals surface area contributed by atoms with Crippen molar-refractivity contribution in [2.45, 2.75) is 82.0 Å². The quantitative estimate of drug-likeness (QED) is 0.799. The molecule has 7 heteroatoms. The van der Waals surface area contributed by atoms with Gasteiger partial charge in [-0.15, -0.1) is 0 Å². The zero-order valence-electron chi connectivity index (χ0n) is 18.4. The van der Waals surface area contributed by atoms with E-state index in [9.17, 15) is 14.0 Å². The van der Waals surface area contributed by atoms with Crippen molar-refractivity contribution in [3.63, 3.8) is 0 Å². The molecule has 168 valence electrons. The number of nitrogens with one attached hydrogen (secondary N) is 1. The number of halogens is 1. The van der Waals surface area contributed by atoms with E-state index in [1.807, 2.05) is 17.9 Å². The fourth-order valence-corrected chi connectivity index (χ4v) is 6.83. The summed E-state index contributed by atoms with van der Waals surface area (Å²) in [6, 6.07) is 5.98. The second-order valence-corrected chi connectivity index (χ2v) is 9.81. The van der Waals surface area contributed by atoms with E-state index in [4.69, 9.17) is 4.74 Å². The second-order valence-electron chi connectivity index (χ2n) is 9.81. The molecule has 6 nitrogen and oxygen atoms in total. The largest absolute Gasteiger partial charge is 0.450 e. The van der Waals surface area contributed by atoms with Crippen LogP contribution in [0, 0.1) is 5.82 Å². The summed E-state index contributed by atoms with van der Waals surface area (Å²) in [5.74, 6) is -0.320. The highest BCUT2D eigenvalue weighted by Gasteiger charge is 2.52. The maximum Gasteiger partial charge on any atom is 0.410 e. The van der Waals surface area contributed by atoms with Crippen molar-refractivity contribution >= 4 is 12.0 Å². The van der Waals surface area contributed by atoms with E-state index in [-0.39, 0.29) is 41.4 Å². The summed E-state index contributed by atoms with van der Waals surface area (Å²) in [7, 11) is 0. The van der Waals surface area contributed by atoms with Gasteiger partial charge >= 0.3 is 6.09 Å². The van der Waals surface area contributed by atoms with E-state index >= 15 is 0 Å². The molecule has 3 fully saturated rings. The minimum absolute atomic E-state index is 0.0343. The Morgan fingerprint density at radius 2 is 1.97 bits per heavy atom. The third-order valence-corrected chi connectivity index (χ3v) is 8.02. The van der Waals surface area contributed by atoms with Crippen LogP contribution in [0.4, 0.5) is 9.18 Å². The number of hydrogen-bond acceptors (Lipinski definition) is 4. The first-order chi connectivity index (χ1) is 14.9. The Morgan fingerprint density at radius 1 is 1.23 bits per heavy atom. The number of hydrogen-bond donors (Lipinski definition) is 1. The van der Waals surface area contributed by atoms with Gasteiger partial charge in [-0.3, -0.25) is 9.69 Å². The van der Waals surface area contributed by atoms with Crippen molar-refractivity contribution in [2.75, 3.05) is 19.7 Å². The van der Waals surface area contributed by atoms with Gasteiger partial charge in [-0.2, -0.15) is 0 Å². The molecule has 4 atom stereocenters. The van der Waals surface area contributed by atoms with Crippen LogP contribution in [0.5, 0.6) is 0 Å². The summed E-state index contributed by atoms with van der Waals surface area (Å²) < 4.78 is 19.3. The lowest BCUT2D eigenvalue weighted by atomic mass is 9.81. The summed E-state index contributed by atoms with van der Waals surface area (Å²) in [6.45, 7) is 5.74. The van der Waals surface area contributed by atoms with Crippen molar-refractivity contribution < 1.29 is 18.7 Å². The van der Waals surface area contributed by atoms with Gasteiger partial charge in [0.05, 0.1) is 12.6 Å². The van der Waals surface area contributed by atoms with Gasteiger partial charge in [0, 0.05) is 37.0 Å². The number of piperidine rings is 1. The molecule has 2 amide bonds. The Kier molecular flexibility index (Phi) is 5.19. The van der Waals surface area contributed by atoms with E-state index in [1.165, 1.54) is 12.5 Å². The van der Waals surface area contributed by atoms with Crippen molar-refractivity contribution in [1.29, 1.82) is 0 Å². The van der Waals surface area contributed by atoms with Gasteiger partial charge in [0.15, 0.2) is 0 Å². The first-order valence-electron chi connectivity index (χ1n) is 11.7. The highest BCUT2D eigenvalue weighted by Crippen LogP contribution is 2.51. The molecule has 3 aliphatic heterocycles. The Balaban J connectivity index is 1.33. The minimum atomic E-state index is -0.246. The molecule has 3 heterocycles. The zero-order valence-corrected chi connectivity index (χ0v) is 18.4. The van der Waals surface area contributed by atoms with Crippen molar-refractivity contribution in [3.05, 3.63) is 35.1 Å². The first kappa shape index (κ1) is 20.7. The van der Waals surface area contributed by atoms with Crippen molar-refractivity contribution in [3.8, 4) is 0 Å². The fourth-order valence-electron chi connectivity index (χ4n) is 6.83. The van der Waals surface area contributed by atoms with Gasteiger partial charge < -0.3 is 15.0 Å². The van der Waals surface area contributed by atoms with Crippen LogP contribution in [0.3, 0.4) is 0 Å². The van der Waals surface area contributed by atoms with Gasteiger partial charge in [0.2, 0.25) is 5.91 Å². The van der Waals surface area contributed by atoms with E-state index in [1.54, 1.807) is 12.1 Å². The predicted octanol–water partition coefficient (Wildman–Crippen LogP) is 3.50. The molecule has 4 aliphatic rings. The fraction of sp³-hybridized carbons (Fsp3) is 0.667. The standard InChI is InChI=1S/C24H32FN3O3/c1-3-31-23(30)28-17-5-6-18(28)12-19(11-17)27-9-8-24(14-27)13-22(26-15(2)29)20-10-16(25)4-7-21(20)24/h4,7,10,17-19,22H,3,5-6,8-9,11-14H2,1-2H3,(H,26,29)/t17?,18?,19?,22-,24?/m1/s1. The monoisotopic (exact) mass is 429 g/mol. The van der Waals surface area contributed by atoms with Crippen LogP contribution in [0.2, 0.25) is 0 Å². The maximum absolute atomic E-state index is 14.0. The van der Waals surface area contributed by atoms with Gasteiger partial charge in [-0.25, -0.2) is 9.18 Å². The van der Waals surface area contributed by atoms with Crippen LogP contribution in [-0.4, -0.2) is 59.6 Å². The molecule has 0 aromatic heterocycles. The Labute approximate surface area is 183 Å². The van der Waals surface area contributed by atoms with Crippen LogP contribution >= 0.6 is 0 Å². The Bertz CT molecular complexity index is 879. The smallest absolute Gasteiger partial charge is 0.410 e. The van der Waals surface area contributed by atoms with Crippen LogP contribution in [-0.2, 0) is 14.9 Å². The molecule has 0 radical (unpaired) electrons. The summed E-state index contributed by atoms with van der Waals surface area (Å²) in [4.78, 5) is 28.8. The number of fused-ring (bicyclic) bond motifs is 4. The number of carbonyl (C=O) groups excluding carboxylic acids is 2. The Morgan fingerprint density at radius 3 is 2.65 bits per heavy atom. The lowest BCUT2D eigenvalue weighted by Crippen LogP contribution is -2.52. The van der Waals surface area contributed by atoms with E-state index in [0.29, 0.717) is 12.6 Å². The molecule has 3 unspecified atom stereocenters. The van der Waals surface area contributed by atoms with Crippen molar-refractivity contribution in [2.24, 2.45) is 0 Å². The Hall–Kier alpha value is -2.15. The van der Waals surface area contributed by atoms with Crippen LogP contribution in [0.15, 0.2) is 18.2 Å². The SMILES string of the molecule is CCOC(=O)N1C2CCC1CC(N1CCC3(C[C@@H](NC(C)=O)c4cc(F)ccc43)C1)C2. The molecule has 1 spiro atoms. The van der Waals surface area contributed by atoms with E-state index in [0.717, 1.165) is 57.2 Å². The molecule has 0 saturated carbocycles. The maximum atomic E-state index is 14.0. The molecule has 1 aromatic carbocycles. The van der Waals surface area contributed by atoms with Gasteiger partial charge in [0.1, 0.15) is 5.82 Å². The highest BCUT2D eigenvalue weighted by atomic mass is 19.1. The van der Waals surface area contributed by atoms with Gasteiger partial charge in [-0.05, 0) is 75.3 Å². The molecular formula is C24H32FN3O3. The molecule has 31 heavy (non-hydrogen) atoms. The summed E-state index contributed by atoms with van der Waals surface area (Å²) >= 11 is 0. The lowest BCUT2D eigenvalue weighted by Gasteiger charge is -2.42. The third-order valence-electron chi connectivity index (χ3n) is 8.02. The molecule has 1 aliphatic carbocycles. The van der Waals surface area contributed by atoms with E-state index < -0.39 is 0 Å². The predicted molar refractivity (Wildman–Crippen MR) is 114 cm³/mol. The third kappa shape index (κ3) is 3.51. The average molecular weight is 430 g/mol. The number of rotatable bonds is 3. The number of likely N-dealkylation sites (tertiary alicyclic amines) is 1. The lowest BCUT2D eigenvalue weighted by molar-refractivity contribution is -0.119. The summed E-state index contributed by atoms with van der Waals surface area (Å²) in [5.41, 5.74) is 2.10. The molecule has 2 bridgehead atoms. The average Bonchev–Trinajstić information content (AvgIpc) is 3.35.